The first kappa shape index (κ1) is 10.7. The van der Waals surface area contributed by atoms with Crippen LogP contribution in [-0.2, 0) is 0 Å². The Hall–Kier alpha value is -2.37. The summed E-state index contributed by atoms with van der Waals surface area (Å²) in [6, 6.07) is 5.00. The van der Waals surface area contributed by atoms with Gasteiger partial charge in [0.1, 0.15) is 0 Å². The fraction of sp³-hybridized carbons (Fsp3) is 0. The summed E-state index contributed by atoms with van der Waals surface area (Å²) < 4.78 is 0. The maximum atomic E-state index is 8.46. The normalized spacial score (nSPS) is 12.0. The Morgan fingerprint density at radius 3 is 1.67 bits per heavy atom. The minimum absolute atomic E-state index is 0.482. The summed E-state index contributed by atoms with van der Waals surface area (Å²) in [4.78, 5) is 0. The molecule has 1 aromatic rings. The lowest BCUT2D eigenvalue weighted by molar-refractivity contribution is 0.320. The van der Waals surface area contributed by atoms with Crippen LogP contribution in [0.1, 0.15) is 16.7 Å². The van der Waals surface area contributed by atoms with Crippen molar-refractivity contribution >= 4 is 18.6 Å². The van der Waals surface area contributed by atoms with Gasteiger partial charge in [-0.05, 0) is 0 Å². The molecule has 0 saturated carbocycles. The Labute approximate surface area is 85.5 Å². The van der Waals surface area contributed by atoms with Crippen LogP contribution in [0, 0.1) is 0 Å². The SMILES string of the molecule is ON=Cc1cccc(C=NO)c1C=NO. The molecule has 1 rings (SSSR count). The third-order valence-corrected chi connectivity index (χ3v) is 1.75. The Morgan fingerprint density at radius 1 is 0.800 bits per heavy atom. The van der Waals surface area contributed by atoms with Crippen molar-refractivity contribution in [3.63, 3.8) is 0 Å². The van der Waals surface area contributed by atoms with Gasteiger partial charge in [-0.3, -0.25) is 0 Å². The zero-order valence-corrected chi connectivity index (χ0v) is 7.65. The van der Waals surface area contributed by atoms with Crippen LogP contribution in [0.5, 0.6) is 0 Å². The second-order valence-corrected chi connectivity index (χ2v) is 2.58. The molecule has 0 aliphatic rings. The summed E-state index contributed by atoms with van der Waals surface area (Å²) in [7, 11) is 0. The molecule has 3 N–H and O–H groups in total. The molecule has 6 nitrogen and oxygen atoms in total. The average molecular weight is 207 g/mol. The molecule has 15 heavy (non-hydrogen) atoms. The topological polar surface area (TPSA) is 97.8 Å². The average Bonchev–Trinajstić information content (AvgIpc) is 2.23. The van der Waals surface area contributed by atoms with E-state index in [2.05, 4.69) is 15.5 Å². The fourth-order valence-corrected chi connectivity index (χ4v) is 1.16. The number of hydrogen-bond donors (Lipinski definition) is 3. The molecule has 0 unspecified atom stereocenters. The van der Waals surface area contributed by atoms with Crippen LogP contribution in [0.15, 0.2) is 33.7 Å². The fourth-order valence-electron chi connectivity index (χ4n) is 1.16. The first-order valence-electron chi connectivity index (χ1n) is 3.98. The molecular formula is C9H9N3O3. The van der Waals surface area contributed by atoms with Gasteiger partial charge in [-0.25, -0.2) is 0 Å². The van der Waals surface area contributed by atoms with Gasteiger partial charge in [0, 0.05) is 16.7 Å². The smallest absolute Gasteiger partial charge is 0.0747 e. The van der Waals surface area contributed by atoms with Crippen molar-refractivity contribution in [2.24, 2.45) is 15.5 Å². The summed E-state index contributed by atoms with van der Waals surface area (Å²) in [6.07, 6.45) is 3.53. The van der Waals surface area contributed by atoms with Gasteiger partial charge < -0.3 is 15.6 Å². The van der Waals surface area contributed by atoms with Gasteiger partial charge in [0.25, 0.3) is 0 Å². The zero-order chi connectivity index (χ0) is 11.1. The molecule has 0 atom stereocenters. The molecule has 0 amide bonds. The maximum Gasteiger partial charge on any atom is 0.0747 e. The highest BCUT2D eigenvalue weighted by atomic mass is 16.4. The molecule has 78 valence electrons. The highest BCUT2D eigenvalue weighted by Crippen LogP contribution is 2.09. The summed E-state index contributed by atoms with van der Waals surface area (Å²) in [6.45, 7) is 0. The second kappa shape index (κ2) is 5.38. The van der Waals surface area contributed by atoms with Crippen molar-refractivity contribution in [2.45, 2.75) is 0 Å². The highest BCUT2D eigenvalue weighted by Gasteiger charge is 2.03. The molecule has 0 spiro atoms. The highest BCUT2D eigenvalue weighted by molar-refractivity contribution is 6.01. The summed E-state index contributed by atoms with van der Waals surface area (Å²) in [5, 5.41) is 33.9. The van der Waals surface area contributed by atoms with Gasteiger partial charge >= 0.3 is 0 Å². The lowest BCUT2D eigenvalue weighted by atomic mass is 10.0. The molecule has 0 heterocycles. The largest absolute Gasteiger partial charge is 0.411 e. The molecule has 0 saturated heterocycles. The van der Waals surface area contributed by atoms with Crippen LogP contribution in [0.4, 0.5) is 0 Å². The molecule has 0 aliphatic heterocycles. The minimum atomic E-state index is 0.482. The van der Waals surface area contributed by atoms with Crippen LogP contribution in [0.3, 0.4) is 0 Å². The van der Waals surface area contributed by atoms with E-state index in [-0.39, 0.29) is 0 Å². The molecule has 1 aromatic carbocycles. The number of nitrogens with zero attached hydrogens (tertiary/aromatic N) is 3. The van der Waals surface area contributed by atoms with E-state index in [0.717, 1.165) is 6.21 Å². The molecule has 0 aromatic heterocycles. The van der Waals surface area contributed by atoms with Gasteiger partial charge in [-0.15, -0.1) is 0 Å². The van der Waals surface area contributed by atoms with Gasteiger partial charge in [-0.1, -0.05) is 33.7 Å². The van der Waals surface area contributed by atoms with E-state index in [0.29, 0.717) is 16.7 Å². The molecular weight excluding hydrogens is 198 g/mol. The van der Waals surface area contributed by atoms with Gasteiger partial charge in [0.2, 0.25) is 0 Å². The van der Waals surface area contributed by atoms with Crippen molar-refractivity contribution < 1.29 is 15.6 Å². The van der Waals surface area contributed by atoms with E-state index < -0.39 is 0 Å². The predicted octanol–water partition coefficient (Wildman–Crippen LogP) is 1.11. The molecule has 0 fully saturated rings. The molecule has 0 bridgehead atoms. The van der Waals surface area contributed by atoms with Crippen LogP contribution in [0.2, 0.25) is 0 Å². The third kappa shape index (κ3) is 2.53. The van der Waals surface area contributed by atoms with E-state index in [4.69, 9.17) is 15.6 Å². The van der Waals surface area contributed by atoms with Crippen LogP contribution in [0.25, 0.3) is 0 Å². The number of benzene rings is 1. The number of hydrogen-bond acceptors (Lipinski definition) is 6. The minimum Gasteiger partial charge on any atom is -0.411 e. The summed E-state index contributed by atoms with van der Waals surface area (Å²) >= 11 is 0. The first-order valence-corrected chi connectivity index (χ1v) is 3.98. The van der Waals surface area contributed by atoms with Crippen molar-refractivity contribution in [1.82, 2.24) is 0 Å². The van der Waals surface area contributed by atoms with Crippen LogP contribution >= 0.6 is 0 Å². The summed E-state index contributed by atoms with van der Waals surface area (Å²) in [5.74, 6) is 0. The number of oxime groups is 3. The maximum absolute atomic E-state index is 8.46. The van der Waals surface area contributed by atoms with Crippen LogP contribution in [-0.4, -0.2) is 34.3 Å². The van der Waals surface area contributed by atoms with E-state index in [1.54, 1.807) is 18.2 Å². The zero-order valence-electron chi connectivity index (χ0n) is 7.65. The second-order valence-electron chi connectivity index (χ2n) is 2.58. The Kier molecular flexibility index (Phi) is 3.84. The van der Waals surface area contributed by atoms with Crippen molar-refractivity contribution in [1.29, 1.82) is 0 Å². The van der Waals surface area contributed by atoms with Crippen molar-refractivity contribution in [3.05, 3.63) is 34.9 Å². The van der Waals surface area contributed by atoms with Crippen LogP contribution < -0.4 is 0 Å². The molecule has 0 aliphatic carbocycles. The monoisotopic (exact) mass is 207 g/mol. The van der Waals surface area contributed by atoms with Gasteiger partial charge in [0.15, 0.2) is 0 Å². The predicted molar refractivity (Wildman–Crippen MR) is 54.6 cm³/mol. The van der Waals surface area contributed by atoms with Gasteiger partial charge in [0.05, 0.1) is 18.6 Å². The lowest BCUT2D eigenvalue weighted by Gasteiger charge is -2.02. The van der Waals surface area contributed by atoms with E-state index in [9.17, 15) is 0 Å². The quantitative estimate of drug-likeness (QED) is 0.393. The first-order chi connectivity index (χ1) is 7.33. The Morgan fingerprint density at radius 2 is 1.27 bits per heavy atom. The summed E-state index contributed by atoms with van der Waals surface area (Å²) in [5.41, 5.74) is 1.55. The van der Waals surface area contributed by atoms with Gasteiger partial charge in [-0.2, -0.15) is 0 Å². The molecule has 0 radical (unpaired) electrons. The van der Waals surface area contributed by atoms with Crippen molar-refractivity contribution in [2.75, 3.05) is 0 Å². The standard InChI is InChI=1S/C9H9N3O3/c13-10-4-7-2-1-3-8(5-11-14)9(7)6-12-15/h1-6,13-15H. The van der Waals surface area contributed by atoms with E-state index >= 15 is 0 Å². The Balaban J connectivity index is 3.33. The lowest BCUT2D eigenvalue weighted by Crippen LogP contribution is -1.98. The van der Waals surface area contributed by atoms with Crippen molar-refractivity contribution in [3.8, 4) is 0 Å². The number of rotatable bonds is 3. The molecule has 6 heteroatoms. The Bertz CT molecular complexity index is 383. The third-order valence-electron chi connectivity index (χ3n) is 1.75. The van der Waals surface area contributed by atoms with E-state index in [1.807, 2.05) is 0 Å². The van der Waals surface area contributed by atoms with E-state index in [1.165, 1.54) is 12.4 Å².